The van der Waals surface area contributed by atoms with Gasteiger partial charge in [-0.3, -0.25) is 4.79 Å². The highest BCUT2D eigenvalue weighted by atomic mass is 16.3. The number of hydrogen-bond donors (Lipinski definition) is 1. The van der Waals surface area contributed by atoms with E-state index in [-0.39, 0.29) is 5.41 Å². The second-order valence-electron chi connectivity index (χ2n) is 7.67. The maximum atomic E-state index is 12.3. The zero-order valence-corrected chi connectivity index (χ0v) is 13.0. The van der Waals surface area contributed by atoms with Crippen LogP contribution in [0.4, 0.5) is 0 Å². The fourth-order valence-electron chi connectivity index (χ4n) is 5.73. The summed E-state index contributed by atoms with van der Waals surface area (Å²) < 4.78 is 0. The van der Waals surface area contributed by atoms with E-state index in [0.717, 1.165) is 32.1 Å². The van der Waals surface area contributed by atoms with Crippen molar-refractivity contribution >= 4 is 5.78 Å². The lowest BCUT2D eigenvalue weighted by molar-refractivity contribution is -0.129. The summed E-state index contributed by atoms with van der Waals surface area (Å²) in [7, 11) is 0. The van der Waals surface area contributed by atoms with Gasteiger partial charge in [0.25, 0.3) is 0 Å². The van der Waals surface area contributed by atoms with E-state index in [4.69, 9.17) is 0 Å². The topological polar surface area (TPSA) is 37.3 Å². The zero-order valence-electron chi connectivity index (χ0n) is 13.0. The number of phenols is 1. The Kier molecular flexibility index (Phi) is 2.76. The fourth-order valence-corrected chi connectivity index (χ4v) is 5.73. The van der Waals surface area contributed by atoms with E-state index in [0.29, 0.717) is 29.3 Å². The molecule has 2 fully saturated rings. The number of rotatable bonds is 0. The molecule has 0 amide bonds. The van der Waals surface area contributed by atoms with Crippen LogP contribution in [0.3, 0.4) is 0 Å². The predicted molar refractivity (Wildman–Crippen MR) is 82.5 cm³/mol. The highest BCUT2D eigenvalue weighted by Gasteiger charge is 2.54. The van der Waals surface area contributed by atoms with Crippen molar-refractivity contribution in [3.8, 4) is 5.75 Å². The Balaban J connectivity index is 1.77. The lowest BCUT2D eigenvalue weighted by Gasteiger charge is -2.48. The molecule has 112 valence electrons. The molecule has 3 aliphatic rings. The average Bonchev–Trinajstić information content (AvgIpc) is 2.74. The predicted octanol–water partition coefficient (Wildman–Crippen LogP) is 4.13. The van der Waals surface area contributed by atoms with E-state index >= 15 is 0 Å². The number of Topliss-reactive ketones (excluding diaryl/α,β-unsaturated/α-hetero) is 1. The minimum atomic E-state index is -0.0382. The van der Waals surface area contributed by atoms with Gasteiger partial charge in [-0.05, 0) is 85.6 Å². The lowest BCUT2D eigenvalue weighted by Crippen LogP contribution is -2.42. The van der Waals surface area contributed by atoms with E-state index in [2.05, 4.69) is 13.8 Å². The van der Waals surface area contributed by atoms with Crippen LogP contribution in [-0.2, 0) is 11.2 Å². The number of carbonyl (C=O) groups excluding carboxylic acids is 1. The van der Waals surface area contributed by atoms with E-state index in [1.165, 1.54) is 23.1 Å². The Labute approximate surface area is 126 Å². The smallest absolute Gasteiger partial charge is 0.139 e. The average molecular weight is 284 g/mol. The van der Waals surface area contributed by atoms with Gasteiger partial charge in [-0.2, -0.15) is 0 Å². The minimum absolute atomic E-state index is 0.0382. The van der Waals surface area contributed by atoms with Gasteiger partial charge >= 0.3 is 0 Å². The number of fused-ring (bicyclic) bond motifs is 5. The van der Waals surface area contributed by atoms with E-state index < -0.39 is 0 Å². The summed E-state index contributed by atoms with van der Waals surface area (Å²) in [4.78, 5) is 12.3. The Morgan fingerprint density at radius 3 is 2.81 bits per heavy atom. The van der Waals surface area contributed by atoms with Gasteiger partial charge in [-0.1, -0.05) is 6.92 Å². The number of hydrogen-bond acceptors (Lipinski definition) is 2. The molecule has 2 saturated carbocycles. The molecule has 0 aliphatic heterocycles. The molecular formula is C19H24O2. The normalized spacial score (nSPS) is 37.8. The maximum Gasteiger partial charge on any atom is 0.139 e. The molecule has 0 spiro atoms. The van der Waals surface area contributed by atoms with Crippen LogP contribution in [0, 0.1) is 24.2 Å². The number of benzene rings is 1. The second-order valence-corrected chi connectivity index (χ2v) is 7.67. The largest absolute Gasteiger partial charge is 0.508 e. The van der Waals surface area contributed by atoms with Gasteiger partial charge in [0, 0.05) is 11.8 Å². The molecular weight excluding hydrogens is 260 g/mol. The summed E-state index contributed by atoms with van der Waals surface area (Å²) in [6.07, 6.45) is 6.34. The Morgan fingerprint density at radius 1 is 1.19 bits per heavy atom. The highest BCUT2D eigenvalue weighted by molar-refractivity contribution is 5.87. The summed E-state index contributed by atoms with van der Waals surface area (Å²) in [5, 5.41) is 9.85. The van der Waals surface area contributed by atoms with Crippen molar-refractivity contribution in [2.75, 3.05) is 0 Å². The van der Waals surface area contributed by atoms with Crippen LogP contribution >= 0.6 is 0 Å². The van der Waals surface area contributed by atoms with Crippen LogP contribution in [-0.4, -0.2) is 10.9 Å². The van der Waals surface area contributed by atoms with Crippen LogP contribution in [0.15, 0.2) is 12.1 Å². The SMILES string of the molecule is Cc1cc(O)cc2c1[C@H]1CC[C@]3(C)C(=O)CC[C@@H]3[C@@H]1CC2. The molecule has 0 aromatic heterocycles. The van der Waals surface area contributed by atoms with Crippen molar-refractivity contribution in [3.05, 3.63) is 28.8 Å². The van der Waals surface area contributed by atoms with E-state index in [9.17, 15) is 9.90 Å². The first kappa shape index (κ1) is 13.4. The molecule has 2 nitrogen and oxygen atoms in total. The molecule has 3 aliphatic carbocycles. The number of aryl methyl sites for hydroxylation is 2. The number of phenolic OH excluding ortho intramolecular Hbond substituents is 1. The summed E-state index contributed by atoms with van der Waals surface area (Å²) in [6, 6.07) is 3.88. The third-order valence-corrected chi connectivity index (χ3v) is 6.72. The minimum Gasteiger partial charge on any atom is -0.508 e. The Bertz CT molecular complexity index is 618. The first-order valence-corrected chi connectivity index (χ1v) is 8.36. The van der Waals surface area contributed by atoms with Crippen LogP contribution < -0.4 is 0 Å². The van der Waals surface area contributed by atoms with Gasteiger partial charge in [0.05, 0.1) is 0 Å². The summed E-state index contributed by atoms with van der Waals surface area (Å²) in [6.45, 7) is 4.36. The molecule has 1 aromatic carbocycles. The second kappa shape index (κ2) is 4.34. The van der Waals surface area contributed by atoms with Crippen LogP contribution in [0.25, 0.3) is 0 Å². The van der Waals surface area contributed by atoms with Crippen LogP contribution in [0.2, 0.25) is 0 Å². The van der Waals surface area contributed by atoms with Crippen molar-refractivity contribution in [1.82, 2.24) is 0 Å². The molecule has 4 atom stereocenters. The summed E-state index contributed by atoms with van der Waals surface area (Å²) >= 11 is 0. The first-order chi connectivity index (χ1) is 10.0. The van der Waals surface area contributed by atoms with Gasteiger partial charge in [0.2, 0.25) is 0 Å². The third-order valence-electron chi connectivity index (χ3n) is 6.72. The molecule has 0 heterocycles. The first-order valence-electron chi connectivity index (χ1n) is 8.36. The molecule has 0 unspecified atom stereocenters. The maximum absolute atomic E-state index is 12.3. The van der Waals surface area contributed by atoms with Crippen molar-refractivity contribution in [1.29, 1.82) is 0 Å². The summed E-state index contributed by atoms with van der Waals surface area (Å²) in [5.41, 5.74) is 4.04. The quantitative estimate of drug-likeness (QED) is 0.778. The van der Waals surface area contributed by atoms with Crippen molar-refractivity contribution in [2.45, 2.75) is 58.3 Å². The third kappa shape index (κ3) is 1.74. The number of carbonyl (C=O) groups is 1. The standard InChI is InChI=1S/C19H24O2/c1-11-9-13(20)10-12-3-4-14-15(18(11)12)7-8-19(2)16(14)5-6-17(19)21/h9-10,14-16,20H,3-8H2,1-2H3/t14-,15+,16-,19+/m1/s1. The van der Waals surface area contributed by atoms with Crippen LogP contribution in [0.1, 0.15) is 61.6 Å². The monoisotopic (exact) mass is 284 g/mol. The summed E-state index contributed by atoms with van der Waals surface area (Å²) in [5.74, 6) is 2.79. The molecule has 1 aromatic rings. The number of aromatic hydroxyl groups is 1. The van der Waals surface area contributed by atoms with Gasteiger partial charge in [0.15, 0.2) is 0 Å². The molecule has 2 heteroatoms. The molecule has 21 heavy (non-hydrogen) atoms. The van der Waals surface area contributed by atoms with Crippen molar-refractivity contribution < 1.29 is 9.90 Å². The number of ketones is 1. The molecule has 0 bridgehead atoms. The van der Waals surface area contributed by atoms with E-state index in [1.54, 1.807) is 0 Å². The van der Waals surface area contributed by atoms with Crippen molar-refractivity contribution in [2.24, 2.45) is 17.3 Å². The zero-order chi connectivity index (χ0) is 14.8. The lowest BCUT2D eigenvalue weighted by atomic mass is 9.55. The molecule has 0 radical (unpaired) electrons. The fraction of sp³-hybridized carbons (Fsp3) is 0.632. The van der Waals surface area contributed by atoms with Crippen LogP contribution in [0.5, 0.6) is 5.75 Å². The van der Waals surface area contributed by atoms with E-state index in [1.807, 2.05) is 12.1 Å². The van der Waals surface area contributed by atoms with Gasteiger partial charge in [0.1, 0.15) is 11.5 Å². The molecule has 1 N–H and O–H groups in total. The Morgan fingerprint density at radius 2 is 2.00 bits per heavy atom. The van der Waals surface area contributed by atoms with Gasteiger partial charge in [-0.15, -0.1) is 0 Å². The molecule has 0 saturated heterocycles. The van der Waals surface area contributed by atoms with Gasteiger partial charge < -0.3 is 5.11 Å². The Hall–Kier alpha value is -1.31. The highest BCUT2D eigenvalue weighted by Crippen LogP contribution is 2.60. The van der Waals surface area contributed by atoms with Crippen molar-refractivity contribution in [3.63, 3.8) is 0 Å². The molecule has 4 rings (SSSR count). The van der Waals surface area contributed by atoms with Gasteiger partial charge in [-0.25, -0.2) is 0 Å².